The number of nitrogens with zero attached hydrogens (tertiary/aromatic N) is 3. The first-order valence-corrected chi connectivity index (χ1v) is 7.47. The topological polar surface area (TPSA) is 100 Å². The van der Waals surface area contributed by atoms with Crippen LogP contribution in [0.15, 0.2) is 29.4 Å². The van der Waals surface area contributed by atoms with Crippen LogP contribution < -0.4 is 4.53 Å². The van der Waals surface area contributed by atoms with Gasteiger partial charge < -0.3 is 5.11 Å². The van der Waals surface area contributed by atoms with Crippen molar-refractivity contribution in [3.05, 3.63) is 34.6 Å². The summed E-state index contributed by atoms with van der Waals surface area (Å²) in [6.45, 7) is 0. The van der Waals surface area contributed by atoms with Gasteiger partial charge in [-0.1, -0.05) is 31.9 Å². The summed E-state index contributed by atoms with van der Waals surface area (Å²) in [6.07, 6.45) is 1.86. The SMILES string of the molecule is O=C(O)c1ccc(S(=O)(=O)N(F)c2ncc(Cl)s2)cn1. The Labute approximate surface area is 121 Å². The molecule has 20 heavy (non-hydrogen) atoms. The van der Waals surface area contributed by atoms with E-state index in [-0.39, 0.29) is 10.0 Å². The fourth-order valence-electron chi connectivity index (χ4n) is 1.18. The van der Waals surface area contributed by atoms with Crippen LogP contribution in [0.5, 0.6) is 0 Å². The highest BCUT2D eigenvalue weighted by atomic mass is 35.5. The predicted molar refractivity (Wildman–Crippen MR) is 69.1 cm³/mol. The van der Waals surface area contributed by atoms with Crippen molar-refractivity contribution < 1.29 is 22.8 Å². The fraction of sp³-hybridized carbons (Fsp3) is 0. The van der Waals surface area contributed by atoms with Crippen molar-refractivity contribution in [1.29, 1.82) is 0 Å². The number of anilines is 1. The molecule has 0 aliphatic carbocycles. The molecule has 0 aliphatic rings. The van der Waals surface area contributed by atoms with Crippen LogP contribution in [0.3, 0.4) is 0 Å². The molecule has 11 heteroatoms. The van der Waals surface area contributed by atoms with Crippen molar-refractivity contribution in [2.45, 2.75) is 4.90 Å². The summed E-state index contributed by atoms with van der Waals surface area (Å²) in [5.74, 6) is -1.32. The number of rotatable bonds is 4. The first-order valence-electron chi connectivity index (χ1n) is 4.84. The molecule has 2 heterocycles. The highest BCUT2D eigenvalue weighted by Crippen LogP contribution is 2.30. The molecular weight excluding hydrogens is 333 g/mol. The molecule has 0 unspecified atom stereocenters. The zero-order valence-electron chi connectivity index (χ0n) is 9.40. The molecule has 106 valence electrons. The van der Waals surface area contributed by atoms with Gasteiger partial charge in [-0.25, -0.2) is 14.8 Å². The van der Waals surface area contributed by atoms with Crippen LogP contribution in [0.1, 0.15) is 10.5 Å². The van der Waals surface area contributed by atoms with Crippen LogP contribution in [0.25, 0.3) is 0 Å². The third-order valence-electron chi connectivity index (χ3n) is 2.08. The van der Waals surface area contributed by atoms with E-state index in [1.54, 1.807) is 0 Å². The number of aromatic carboxylic acids is 1. The standard InChI is InChI=1S/C9H5ClFN3O4S2/c10-7-4-13-9(19-7)14(11)20(17,18)5-1-2-6(8(15)16)12-3-5/h1-4H,(H,15,16). The van der Waals surface area contributed by atoms with E-state index in [4.69, 9.17) is 16.7 Å². The molecule has 0 amide bonds. The number of hydrogen-bond acceptors (Lipinski definition) is 6. The summed E-state index contributed by atoms with van der Waals surface area (Å²) in [4.78, 5) is 17.0. The molecule has 1 N–H and O–H groups in total. The van der Waals surface area contributed by atoms with E-state index >= 15 is 0 Å². The van der Waals surface area contributed by atoms with Gasteiger partial charge in [0, 0.05) is 6.20 Å². The Kier molecular flexibility index (Phi) is 3.88. The predicted octanol–water partition coefficient (Wildman–Crippen LogP) is 1.97. The maximum Gasteiger partial charge on any atom is 0.354 e. The van der Waals surface area contributed by atoms with Crippen molar-refractivity contribution in [2.75, 3.05) is 4.53 Å². The second-order valence-corrected chi connectivity index (χ2v) is 6.73. The number of pyridine rings is 1. The minimum atomic E-state index is -4.52. The van der Waals surface area contributed by atoms with Crippen molar-refractivity contribution >= 4 is 44.1 Å². The Morgan fingerprint density at radius 3 is 2.50 bits per heavy atom. The lowest BCUT2D eigenvalue weighted by Crippen LogP contribution is -2.22. The van der Waals surface area contributed by atoms with Crippen molar-refractivity contribution in [1.82, 2.24) is 9.97 Å². The van der Waals surface area contributed by atoms with E-state index in [1.165, 1.54) is 0 Å². The van der Waals surface area contributed by atoms with Gasteiger partial charge in [0.05, 0.1) is 6.20 Å². The summed E-state index contributed by atoms with van der Waals surface area (Å²) < 4.78 is 37.3. The van der Waals surface area contributed by atoms with Gasteiger partial charge in [-0.15, -0.1) is 0 Å². The second kappa shape index (κ2) is 5.31. The monoisotopic (exact) mass is 337 g/mol. The van der Waals surface area contributed by atoms with Gasteiger partial charge in [0.15, 0.2) is 0 Å². The molecule has 2 aromatic heterocycles. The van der Waals surface area contributed by atoms with Crippen molar-refractivity contribution in [3.8, 4) is 0 Å². The maximum atomic E-state index is 13.9. The number of carbonyl (C=O) groups is 1. The van der Waals surface area contributed by atoms with E-state index in [1.807, 2.05) is 0 Å². The molecule has 0 bridgehead atoms. The van der Waals surface area contributed by atoms with E-state index in [9.17, 15) is 17.7 Å². The molecule has 7 nitrogen and oxygen atoms in total. The van der Waals surface area contributed by atoms with E-state index < -0.39 is 30.5 Å². The third kappa shape index (κ3) is 2.71. The molecule has 0 aliphatic heterocycles. The summed E-state index contributed by atoms with van der Waals surface area (Å²) in [6, 6.07) is 1.89. The second-order valence-electron chi connectivity index (χ2n) is 3.35. The number of hydrogen-bond donors (Lipinski definition) is 1. The normalized spacial score (nSPS) is 11.3. The Hall–Kier alpha value is -1.78. The maximum absolute atomic E-state index is 13.9. The minimum absolute atomic E-state index is 0.122. The number of carboxylic acids is 1. The molecule has 2 aromatic rings. The summed E-state index contributed by atoms with van der Waals surface area (Å²) >= 11 is 6.18. The van der Waals surface area contributed by atoms with Gasteiger partial charge in [0.25, 0.3) is 10.0 Å². The van der Waals surface area contributed by atoms with Gasteiger partial charge in [-0.3, -0.25) is 0 Å². The van der Waals surface area contributed by atoms with Crippen LogP contribution >= 0.6 is 22.9 Å². The Morgan fingerprint density at radius 2 is 2.05 bits per heavy atom. The minimum Gasteiger partial charge on any atom is -0.477 e. The van der Waals surface area contributed by atoms with Crippen LogP contribution in [-0.2, 0) is 10.0 Å². The molecule has 2 rings (SSSR count). The zero-order chi connectivity index (χ0) is 14.9. The Balaban J connectivity index is 2.37. The summed E-state index contributed by atoms with van der Waals surface area (Å²) in [7, 11) is -4.52. The van der Waals surface area contributed by atoms with Crippen LogP contribution in [-0.4, -0.2) is 29.5 Å². The highest BCUT2D eigenvalue weighted by molar-refractivity contribution is 7.92. The number of carboxylic acid groups (broad SMARTS) is 1. The average Bonchev–Trinajstić information content (AvgIpc) is 2.84. The lowest BCUT2D eigenvalue weighted by Gasteiger charge is -2.10. The van der Waals surface area contributed by atoms with E-state index in [0.29, 0.717) is 11.3 Å². The van der Waals surface area contributed by atoms with Gasteiger partial charge in [-0.2, -0.15) is 8.42 Å². The molecule has 0 spiro atoms. The van der Waals surface area contributed by atoms with Crippen molar-refractivity contribution in [3.63, 3.8) is 0 Å². The summed E-state index contributed by atoms with van der Waals surface area (Å²) in [5.41, 5.74) is -0.355. The number of halogens is 2. The molecule has 0 radical (unpaired) electrons. The zero-order valence-corrected chi connectivity index (χ0v) is 11.8. The average molecular weight is 338 g/mol. The first kappa shape index (κ1) is 14.6. The molecule has 0 saturated heterocycles. The Morgan fingerprint density at radius 1 is 1.35 bits per heavy atom. The highest BCUT2D eigenvalue weighted by Gasteiger charge is 2.28. The van der Waals surface area contributed by atoms with Crippen LogP contribution in [0, 0.1) is 0 Å². The van der Waals surface area contributed by atoms with Gasteiger partial charge in [0.2, 0.25) is 5.13 Å². The van der Waals surface area contributed by atoms with Gasteiger partial charge in [-0.05, 0) is 12.1 Å². The Bertz CT molecular complexity index is 747. The van der Waals surface area contributed by atoms with Crippen LogP contribution in [0.2, 0.25) is 4.34 Å². The number of aromatic nitrogens is 2. The molecule has 0 saturated carbocycles. The molecule has 0 aromatic carbocycles. The van der Waals surface area contributed by atoms with Crippen molar-refractivity contribution in [2.24, 2.45) is 0 Å². The lowest BCUT2D eigenvalue weighted by atomic mass is 10.4. The van der Waals surface area contributed by atoms with Crippen LogP contribution in [0.4, 0.5) is 9.61 Å². The molecule has 0 atom stereocenters. The van der Waals surface area contributed by atoms with Gasteiger partial charge >= 0.3 is 5.97 Å². The largest absolute Gasteiger partial charge is 0.477 e. The van der Waals surface area contributed by atoms with E-state index in [0.717, 1.165) is 24.5 Å². The van der Waals surface area contributed by atoms with E-state index in [2.05, 4.69) is 9.97 Å². The molecule has 0 fully saturated rings. The van der Waals surface area contributed by atoms with Gasteiger partial charge in [0.1, 0.15) is 14.9 Å². The number of thiazole rings is 1. The molecular formula is C9H5ClFN3O4S2. The number of sulfonamides is 1. The third-order valence-corrected chi connectivity index (χ3v) is 4.71. The summed E-state index contributed by atoms with van der Waals surface area (Å²) in [5, 5.41) is 8.19. The smallest absolute Gasteiger partial charge is 0.354 e. The first-order chi connectivity index (χ1) is 9.32. The quantitative estimate of drug-likeness (QED) is 0.856. The lowest BCUT2D eigenvalue weighted by molar-refractivity contribution is 0.0690. The fourth-order valence-corrected chi connectivity index (χ4v) is 3.16.